The van der Waals surface area contributed by atoms with Crippen LogP contribution in [0, 0.1) is 0 Å². The second kappa shape index (κ2) is 9.08. The van der Waals surface area contributed by atoms with Gasteiger partial charge in [0.05, 0.1) is 21.7 Å². The molecule has 0 radical (unpaired) electrons. The van der Waals surface area contributed by atoms with Gasteiger partial charge in [0.2, 0.25) is 10.0 Å². The Labute approximate surface area is 191 Å². The van der Waals surface area contributed by atoms with Crippen molar-refractivity contribution in [3.05, 3.63) is 95.0 Å². The van der Waals surface area contributed by atoms with Gasteiger partial charge in [-0.1, -0.05) is 60.1 Å². The first-order chi connectivity index (χ1) is 15.3. The molecule has 1 amide bonds. The van der Waals surface area contributed by atoms with Crippen molar-refractivity contribution in [2.24, 2.45) is 5.14 Å². The lowest BCUT2D eigenvalue weighted by Crippen LogP contribution is -2.26. The van der Waals surface area contributed by atoms with Crippen molar-refractivity contribution in [2.45, 2.75) is 11.3 Å². The molecule has 162 valence electrons. The largest absolute Gasteiger partial charge is 0.352 e. The zero-order valence-corrected chi connectivity index (χ0v) is 18.5. The van der Waals surface area contributed by atoms with Crippen LogP contribution in [-0.2, 0) is 16.4 Å². The number of para-hydroxylation sites is 1. The van der Waals surface area contributed by atoms with Gasteiger partial charge in [0.1, 0.15) is 0 Å². The molecular formula is C24H20ClN3O3S. The molecule has 8 heteroatoms. The Morgan fingerprint density at radius 3 is 2.38 bits per heavy atom. The average Bonchev–Trinajstić information content (AvgIpc) is 2.78. The minimum absolute atomic E-state index is 0.0562. The van der Waals surface area contributed by atoms with Crippen molar-refractivity contribution in [2.75, 3.05) is 6.54 Å². The Hall–Kier alpha value is -3.26. The molecule has 0 spiro atoms. The highest BCUT2D eigenvalue weighted by Gasteiger charge is 2.15. The number of amides is 1. The van der Waals surface area contributed by atoms with Gasteiger partial charge in [0.15, 0.2) is 0 Å². The van der Waals surface area contributed by atoms with Gasteiger partial charge in [0, 0.05) is 22.5 Å². The summed E-state index contributed by atoms with van der Waals surface area (Å²) in [6.07, 6.45) is 0.539. The molecule has 4 rings (SSSR count). The molecule has 0 atom stereocenters. The summed E-state index contributed by atoms with van der Waals surface area (Å²) in [6.45, 7) is 0.381. The van der Waals surface area contributed by atoms with E-state index >= 15 is 0 Å². The fourth-order valence-electron chi connectivity index (χ4n) is 3.43. The van der Waals surface area contributed by atoms with Gasteiger partial charge in [-0.25, -0.2) is 18.5 Å². The van der Waals surface area contributed by atoms with E-state index in [1.807, 2.05) is 42.5 Å². The number of aromatic nitrogens is 1. The van der Waals surface area contributed by atoms with Crippen LogP contribution >= 0.6 is 11.6 Å². The Balaban J connectivity index is 1.56. The van der Waals surface area contributed by atoms with Crippen LogP contribution < -0.4 is 10.5 Å². The van der Waals surface area contributed by atoms with Gasteiger partial charge in [-0.2, -0.15) is 0 Å². The van der Waals surface area contributed by atoms with Crippen LogP contribution in [0.2, 0.25) is 5.02 Å². The molecule has 3 aromatic carbocycles. The fraction of sp³-hybridized carbons (Fsp3) is 0.0833. The molecule has 4 aromatic rings. The molecule has 0 saturated heterocycles. The molecule has 0 fully saturated rings. The first-order valence-corrected chi connectivity index (χ1v) is 11.8. The van der Waals surface area contributed by atoms with Gasteiger partial charge in [0.25, 0.3) is 5.91 Å². The molecule has 0 aliphatic heterocycles. The third-order valence-corrected chi connectivity index (χ3v) is 6.32. The van der Waals surface area contributed by atoms with Crippen LogP contribution in [0.3, 0.4) is 0 Å². The van der Waals surface area contributed by atoms with Gasteiger partial charge >= 0.3 is 0 Å². The Morgan fingerprint density at radius 2 is 1.66 bits per heavy atom. The Morgan fingerprint density at radius 1 is 0.969 bits per heavy atom. The molecule has 0 bridgehead atoms. The van der Waals surface area contributed by atoms with E-state index in [1.54, 1.807) is 24.3 Å². The normalized spacial score (nSPS) is 11.4. The number of sulfonamides is 1. The van der Waals surface area contributed by atoms with Gasteiger partial charge < -0.3 is 5.32 Å². The van der Waals surface area contributed by atoms with E-state index in [0.717, 1.165) is 16.5 Å². The average molecular weight is 466 g/mol. The first kappa shape index (κ1) is 22.0. The van der Waals surface area contributed by atoms with Crippen LogP contribution in [0.25, 0.3) is 22.2 Å². The number of nitrogens with zero attached hydrogens (tertiary/aromatic N) is 1. The quantitative estimate of drug-likeness (QED) is 0.446. The topological polar surface area (TPSA) is 102 Å². The van der Waals surface area contributed by atoms with Crippen LogP contribution in [0.15, 0.2) is 83.8 Å². The monoisotopic (exact) mass is 465 g/mol. The fourth-order valence-corrected chi connectivity index (χ4v) is 4.18. The first-order valence-electron chi connectivity index (χ1n) is 9.87. The van der Waals surface area contributed by atoms with Crippen molar-refractivity contribution in [3.63, 3.8) is 0 Å². The number of hydrogen-bond acceptors (Lipinski definition) is 4. The van der Waals surface area contributed by atoms with Gasteiger partial charge in [-0.15, -0.1) is 0 Å². The van der Waals surface area contributed by atoms with Crippen molar-refractivity contribution in [1.29, 1.82) is 0 Å². The summed E-state index contributed by atoms with van der Waals surface area (Å²) in [7, 11) is -3.73. The molecule has 1 heterocycles. The SMILES string of the molecule is NS(=O)(=O)c1ccc(CCNC(=O)c2cc(-c3ccccc3Cl)nc3ccccc23)cc1. The van der Waals surface area contributed by atoms with Crippen LogP contribution in [0.1, 0.15) is 15.9 Å². The number of carbonyl (C=O) groups is 1. The van der Waals surface area contributed by atoms with E-state index in [9.17, 15) is 13.2 Å². The number of primary sulfonamides is 1. The maximum atomic E-state index is 13.0. The van der Waals surface area contributed by atoms with E-state index in [1.165, 1.54) is 12.1 Å². The Bertz CT molecular complexity index is 1400. The summed E-state index contributed by atoms with van der Waals surface area (Å²) in [5, 5.41) is 9.37. The van der Waals surface area contributed by atoms with E-state index in [4.69, 9.17) is 16.7 Å². The molecular weight excluding hydrogens is 446 g/mol. The Kier molecular flexibility index (Phi) is 6.23. The highest BCUT2D eigenvalue weighted by atomic mass is 35.5. The van der Waals surface area contributed by atoms with E-state index in [2.05, 4.69) is 10.3 Å². The minimum atomic E-state index is -3.73. The van der Waals surface area contributed by atoms with Gasteiger partial charge in [-0.05, 0) is 42.3 Å². The highest BCUT2D eigenvalue weighted by molar-refractivity contribution is 7.89. The molecule has 6 nitrogen and oxygen atoms in total. The third-order valence-electron chi connectivity index (χ3n) is 5.06. The van der Waals surface area contributed by atoms with Crippen molar-refractivity contribution in [3.8, 4) is 11.3 Å². The van der Waals surface area contributed by atoms with E-state index < -0.39 is 10.0 Å². The molecule has 32 heavy (non-hydrogen) atoms. The number of hydrogen-bond donors (Lipinski definition) is 2. The molecule has 0 aliphatic rings. The molecule has 0 saturated carbocycles. The second-order valence-electron chi connectivity index (χ2n) is 7.25. The smallest absolute Gasteiger partial charge is 0.252 e. The number of nitrogens with one attached hydrogen (secondary N) is 1. The summed E-state index contributed by atoms with van der Waals surface area (Å²) in [5.74, 6) is -0.224. The lowest BCUT2D eigenvalue weighted by atomic mass is 10.0. The number of benzene rings is 3. The highest BCUT2D eigenvalue weighted by Crippen LogP contribution is 2.29. The number of nitrogens with two attached hydrogens (primary N) is 1. The number of carbonyl (C=O) groups excluding carboxylic acids is 1. The summed E-state index contributed by atoms with van der Waals surface area (Å²) >= 11 is 6.35. The van der Waals surface area contributed by atoms with Crippen molar-refractivity contribution < 1.29 is 13.2 Å². The molecule has 3 N–H and O–H groups in total. The van der Waals surface area contributed by atoms with Crippen LogP contribution in [-0.4, -0.2) is 25.9 Å². The molecule has 0 aliphatic carbocycles. The zero-order chi connectivity index (χ0) is 22.7. The molecule has 0 unspecified atom stereocenters. The second-order valence-corrected chi connectivity index (χ2v) is 9.22. The zero-order valence-electron chi connectivity index (χ0n) is 17.0. The third kappa shape index (κ3) is 4.80. The van der Waals surface area contributed by atoms with Crippen LogP contribution in [0.5, 0.6) is 0 Å². The number of halogens is 1. The molecule has 1 aromatic heterocycles. The van der Waals surface area contributed by atoms with Crippen molar-refractivity contribution >= 4 is 38.4 Å². The lowest BCUT2D eigenvalue weighted by Gasteiger charge is -2.11. The number of rotatable bonds is 6. The predicted octanol–water partition coefficient (Wildman–Crippen LogP) is 4.18. The maximum Gasteiger partial charge on any atom is 0.252 e. The lowest BCUT2D eigenvalue weighted by molar-refractivity contribution is 0.0955. The van der Waals surface area contributed by atoms with E-state index in [-0.39, 0.29) is 10.8 Å². The van der Waals surface area contributed by atoms with Crippen molar-refractivity contribution in [1.82, 2.24) is 10.3 Å². The summed E-state index contributed by atoms with van der Waals surface area (Å²) in [4.78, 5) is 17.8. The van der Waals surface area contributed by atoms with E-state index in [0.29, 0.717) is 34.8 Å². The minimum Gasteiger partial charge on any atom is -0.352 e. The maximum absolute atomic E-state index is 13.0. The summed E-state index contributed by atoms with van der Waals surface area (Å²) in [5.41, 5.74) is 3.47. The summed E-state index contributed by atoms with van der Waals surface area (Å²) < 4.78 is 22.7. The van der Waals surface area contributed by atoms with Gasteiger partial charge in [-0.3, -0.25) is 4.79 Å². The number of pyridine rings is 1. The van der Waals surface area contributed by atoms with Crippen LogP contribution in [0.4, 0.5) is 0 Å². The standard InChI is InChI=1S/C24H20ClN3O3S/c25-21-7-3-1-6-19(21)23-15-20(18-5-2-4-8-22(18)28-23)24(29)27-14-13-16-9-11-17(12-10-16)32(26,30)31/h1-12,15H,13-14H2,(H,27,29)(H2,26,30,31). The predicted molar refractivity (Wildman–Crippen MR) is 126 cm³/mol. The number of fused-ring (bicyclic) bond motifs is 1. The summed E-state index contributed by atoms with van der Waals surface area (Å²) in [6, 6.07) is 22.9.